The van der Waals surface area contributed by atoms with Crippen LogP contribution in [0.4, 0.5) is 5.69 Å². The fraction of sp³-hybridized carbons (Fsp3) is 0.0833. The average Bonchev–Trinajstić information content (AvgIpc) is 2.72. The zero-order valence-electron chi connectivity index (χ0n) is 9.24. The summed E-state index contributed by atoms with van der Waals surface area (Å²) in [6, 6.07) is 6.79. The zero-order valence-corrected chi connectivity index (χ0v) is 12.4. The maximum atomic E-state index is 11.9. The number of thiophene rings is 1. The molecule has 0 fully saturated rings. The molecular weight excluding hydrogens is 336 g/mol. The quantitative estimate of drug-likeness (QED) is 0.834. The fourth-order valence-electron chi connectivity index (χ4n) is 1.42. The van der Waals surface area contributed by atoms with E-state index in [4.69, 9.17) is 17.3 Å². The Hall–Kier alpha value is -1.04. The van der Waals surface area contributed by atoms with Gasteiger partial charge in [-0.3, -0.25) is 4.79 Å². The van der Waals surface area contributed by atoms with E-state index in [9.17, 15) is 4.79 Å². The summed E-state index contributed by atoms with van der Waals surface area (Å²) in [6.45, 7) is 0.470. The third-order valence-electron chi connectivity index (χ3n) is 2.34. The first kappa shape index (κ1) is 13.4. The van der Waals surface area contributed by atoms with Gasteiger partial charge < -0.3 is 11.1 Å². The third-order valence-corrected chi connectivity index (χ3v) is 4.58. The molecule has 94 valence electrons. The molecule has 18 heavy (non-hydrogen) atoms. The van der Waals surface area contributed by atoms with E-state index >= 15 is 0 Å². The van der Waals surface area contributed by atoms with Crippen LogP contribution in [0.5, 0.6) is 0 Å². The highest BCUT2D eigenvalue weighted by Gasteiger charge is 2.11. The minimum atomic E-state index is -0.208. The van der Waals surface area contributed by atoms with Gasteiger partial charge in [0, 0.05) is 15.0 Å². The minimum Gasteiger partial charge on any atom is -0.399 e. The molecule has 0 bridgehead atoms. The molecule has 0 aliphatic rings. The monoisotopic (exact) mass is 344 g/mol. The summed E-state index contributed by atoms with van der Waals surface area (Å²) in [5, 5.41) is 5.14. The predicted octanol–water partition coefficient (Wildman–Crippen LogP) is 3.68. The Morgan fingerprint density at radius 3 is 2.83 bits per heavy atom. The lowest BCUT2D eigenvalue weighted by Crippen LogP contribution is -2.22. The van der Waals surface area contributed by atoms with Crippen molar-refractivity contribution in [3.05, 3.63) is 49.6 Å². The topological polar surface area (TPSA) is 55.1 Å². The molecule has 2 aromatic rings. The van der Waals surface area contributed by atoms with Crippen molar-refractivity contribution in [3.8, 4) is 0 Å². The molecule has 0 spiro atoms. The van der Waals surface area contributed by atoms with E-state index in [0.29, 0.717) is 22.8 Å². The molecule has 6 heteroatoms. The van der Waals surface area contributed by atoms with Crippen molar-refractivity contribution in [2.45, 2.75) is 6.54 Å². The van der Waals surface area contributed by atoms with E-state index in [0.717, 1.165) is 9.35 Å². The molecule has 3 nitrogen and oxygen atoms in total. The molecule has 3 N–H and O–H groups in total. The Kier molecular flexibility index (Phi) is 4.27. The van der Waals surface area contributed by atoms with Gasteiger partial charge in [0.2, 0.25) is 0 Å². The number of halogens is 2. The molecule has 1 heterocycles. The molecule has 1 aromatic heterocycles. The second-order valence-electron chi connectivity index (χ2n) is 3.61. The summed E-state index contributed by atoms with van der Waals surface area (Å²) >= 11 is 11.0. The number of amides is 1. The van der Waals surface area contributed by atoms with Gasteiger partial charge in [0.25, 0.3) is 5.91 Å². The summed E-state index contributed by atoms with van der Waals surface area (Å²) in [5.41, 5.74) is 6.55. The van der Waals surface area contributed by atoms with E-state index in [-0.39, 0.29) is 5.91 Å². The van der Waals surface area contributed by atoms with Crippen LogP contribution in [0, 0.1) is 0 Å². The Labute approximate surface area is 122 Å². The number of nitrogens with two attached hydrogens (primary N) is 1. The summed E-state index contributed by atoms with van der Waals surface area (Å²) in [6.07, 6.45) is 0. The molecule has 0 aliphatic carbocycles. The molecular formula is C12H10BrClN2OS. The second-order valence-corrected chi connectivity index (χ2v) is 5.88. The summed E-state index contributed by atoms with van der Waals surface area (Å²) in [7, 11) is 0. The highest BCUT2D eigenvalue weighted by atomic mass is 79.9. The highest BCUT2D eigenvalue weighted by molar-refractivity contribution is 9.10. The van der Waals surface area contributed by atoms with Crippen LogP contribution >= 0.6 is 38.9 Å². The van der Waals surface area contributed by atoms with Gasteiger partial charge in [-0.1, -0.05) is 11.6 Å². The first-order valence-corrected chi connectivity index (χ1v) is 7.18. The average molecular weight is 346 g/mol. The maximum absolute atomic E-state index is 11.9. The molecule has 0 saturated carbocycles. The second kappa shape index (κ2) is 5.73. The summed E-state index contributed by atoms with van der Waals surface area (Å²) < 4.78 is 0.996. The fourth-order valence-corrected chi connectivity index (χ4v) is 3.13. The standard InChI is InChI=1S/C12H10BrClN2OS/c13-9-3-4-18-11(9)6-16-12(17)8-2-1-7(15)5-10(8)14/h1-5H,6,15H2,(H,16,17). The molecule has 1 aromatic carbocycles. The van der Waals surface area contributed by atoms with E-state index in [1.807, 2.05) is 11.4 Å². The van der Waals surface area contributed by atoms with E-state index in [2.05, 4.69) is 21.2 Å². The Morgan fingerprint density at radius 2 is 2.22 bits per heavy atom. The van der Waals surface area contributed by atoms with E-state index in [1.54, 1.807) is 29.5 Å². The van der Waals surface area contributed by atoms with Crippen LogP contribution in [0.15, 0.2) is 34.1 Å². The van der Waals surface area contributed by atoms with Crippen molar-refractivity contribution in [1.29, 1.82) is 0 Å². The van der Waals surface area contributed by atoms with Gasteiger partial charge in [0.15, 0.2) is 0 Å². The lowest BCUT2D eigenvalue weighted by Gasteiger charge is -2.06. The smallest absolute Gasteiger partial charge is 0.253 e. The van der Waals surface area contributed by atoms with Gasteiger partial charge in [-0.05, 0) is 45.6 Å². The van der Waals surface area contributed by atoms with Crippen LogP contribution < -0.4 is 11.1 Å². The Bertz CT molecular complexity index is 585. The van der Waals surface area contributed by atoms with Gasteiger partial charge in [-0.25, -0.2) is 0 Å². The predicted molar refractivity (Wildman–Crippen MR) is 79.1 cm³/mol. The van der Waals surface area contributed by atoms with E-state index in [1.165, 1.54) is 0 Å². The van der Waals surface area contributed by atoms with E-state index < -0.39 is 0 Å². The number of benzene rings is 1. The minimum absolute atomic E-state index is 0.208. The molecule has 2 rings (SSSR count). The lowest BCUT2D eigenvalue weighted by atomic mass is 10.2. The first-order valence-electron chi connectivity index (χ1n) is 5.13. The van der Waals surface area contributed by atoms with Crippen molar-refractivity contribution in [1.82, 2.24) is 5.32 Å². The summed E-state index contributed by atoms with van der Waals surface area (Å²) in [5.74, 6) is -0.208. The Balaban J connectivity index is 2.06. The molecule has 0 radical (unpaired) electrons. The van der Waals surface area contributed by atoms with Crippen LogP contribution in [-0.2, 0) is 6.54 Å². The Morgan fingerprint density at radius 1 is 1.44 bits per heavy atom. The SMILES string of the molecule is Nc1ccc(C(=O)NCc2sccc2Br)c(Cl)c1. The number of carbonyl (C=O) groups excluding carboxylic acids is 1. The van der Waals surface area contributed by atoms with Crippen molar-refractivity contribution in [3.63, 3.8) is 0 Å². The number of nitrogens with one attached hydrogen (secondary N) is 1. The van der Waals surface area contributed by atoms with Crippen LogP contribution in [-0.4, -0.2) is 5.91 Å². The van der Waals surface area contributed by atoms with Gasteiger partial charge >= 0.3 is 0 Å². The normalized spacial score (nSPS) is 10.3. The highest BCUT2D eigenvalue weighted by Crippen LogP contribution is 2.23. The van der Waals surface area contributed by atoms with Gasteiger partial charge in [-0.15, -0.1) is 11.3 Å². The number of hydrogen-bond donors (Lipinski definition) is 2. The molecule has 0 atom stereocenters. The number of carbonyl (C=O) groups is 1. The number of nitrogen functional groups attached to an aromatic ring is 1. The van der Waals surface area contributed by atoms with Gasteiger partial charge in [0.05, 0.1) is 17.1 Å². The van der Waals surface area contributed by atoms with Gasteiger partial charge in [-0.2, -0.15) is 0 Å². The molecule has 0 saturated heterocycles. The molecule has 1 amide bonds. The lowest BCUT2D eigenvalue weighted by molar-refractivity contribution is 0.0951. The van der Waals surface area contributed by atoms with Crippen molar-refractivity contribution in [2.24, 2.45) is 0 Å². The molecule has 0 aliphatic heterocycles. The maximum Gasteiger partial charge on any atom is 0.253 e. The third kappa shape index (κ3) is 3.04. The zero-order chi connectivity index (χ0) is 13.1. The van der Waals surface area contributed by atoms with Crippen molar-refractivity contribution < 1.29 is 4.79 Å². The summed E-state index contributed by atoms with van der Waals surface area (Å²) in [4.78, 5) is 13.0. The molecule has 0 unspecified atom stereocenters. The number of hydrogen-bond acceptors (Lipinski definition) is 3. The van der Waals surface area contributed by atoms with Crippen LogP contribution in [0.1, 0.15) is 15.2 Å². The van der Waals surface area contributed by atoms with Crippen molar-refractivity contribution in [2.75, 3.05) is 5.73 Å². The van der Waals surface area contributed by atoms with Crippen LogP contribution in [0.3, 0.4) is 0 Å². The van der Waals surface area contributed by atoms with Crippen LogP contribution in [0.25, 0.3) is 0 Å². The first-order chi connectivity index (χ1) is 8.58. The van der Waals surface area contributed by atoms with Gasteiger partial charge in [0.1, 0.15) is 0 Å². The van der Waals surface area contributed by atoms with Crippen LogP contribution in [0.2, 0.25) is 5.02 Å². The number of rotatable bonds is 3. The number of anilines is 1. The van der Waals surface area contributed by atoms with Crippen molar-refractivity contribution >= 4 is 50.5 Å². The largest absolute Gasteiger partial charge is 0.399 e.